The Hall–Kier alpha value is -0.160. The maximum absolute atomic E-state index is 11.5. The summed E-state index contributed by atoms with van der Waals surface area (Å²) in [5, 5.41) is 29.3. The Morgan fingerprint density at radius 3 is 1.09 bits per heavy atom. The third kappa shape index (κ3) is 24.0. The molecule has 0 aromatic heterocycles. The summed E-state index contributed by atoms with van der Waals surface area (Å²) in [5.74, 6) is 0. The fourth-order valence-electron chi connectivity index (χ4n) is 5.39. The second-order valence-electron chi connectivity index (χ2n) is 11.1. The molecule has 0 spiro atoms. The maximum atomic E-state index is 11.5. The van der Waals surface area contributed by atoms with Crippen molar-refractivity contribution in [1.82, 2.24) is 4.90 Å². The summed E-state index contributed by atoms with van der Waals surface area (Å²) in [6, 6.07) is 0. The summed E-state index contributed by atoms with van der Waals surface area (Å²) in [6.45, 7) is 8.80. The van der Waals surface area contributed by atoms with Gasteiger partial charge < -0.3 is 20.2 Å². The molecule has 0 atom stereocenters. The van der Waals surface area contributed by atoms with Gasteiger partial charge in [-0.15, -0.1) is 0 Å². The number of aliphatic hydroxyl groups is 3. The van der Waals surface area contributed by atoms with Gasteiger partial charge in [0.1, 0.15) is 0 Å². The van der Waals surface area contributed by atoms with Crippen LogP contribution in [-0.2, 0) is 0 Å². The Balaban J connectivity index is 4.24. The van der Waals surface area contributed by atoms with Crippen molar-refractivity contribution in [2.45, 2.75) is 167 Å². The van der Waals surface area contributed by atoms with E-state index >= 15 is 0 Å². The SMILES string of the molecule is CCCN(CCC)CCCCC(O)(CCCCCCCCCCO)CCCCCCCCCCO. The highest BCUT2D eigenvalue weighted by molar-refractivity contribution is 4.79. The Bertz CT molecular complexity index is 377. The first-order valence-electron chi connectivity index (χ1n) is 15.8. The van der Waals surface area contributed by atoms with Crippen molar-refractivity contribution in [2.75, 3.05) is 32.8 Å². The van der Waals surface area contributed by atoms with Gasteiger partial charge >= 0.3 is 0 Å². The number of hydrogen-bond donors (Lipinski definition) is 3. The molecule has 3 N–H and O–H groups in total. The molecule has 0 unspecified atom stereocenters. The van der Waals surface area contributed by atoms with Crippen LogP contribution in [0.2, 0.25) is 0 Å². The van der Waals surface area contributed by atoms with Crippen LogP contribution in [0.15, 0.2) is 0 Å². The van der Waals surface area contributed by atoms with E-state index in [1.54, 1.807) is 0 Å². The van der Waals surface area contributed by atoms with E-state index < -0.39 is 5.60 Å². The van der Waals surface area contributed by atoms with Crippen LogP contribution < -0.4 is 0 Å². The van der Waals surface area contributed by atoms with Crippen LogP contribution in [-0.4, -0.2) is 58.7 Å². The van der Waals surface area contributed by atoms with Crippen LogP contribution in [0.1, 0.15) is 162 Å². The Morgan fingerprint density at radius 1 is 0.429 bits per heavy atom. The minimum absolute atomic E-state index is 0.332. The third-order valence-corrected chi connectivity index (χ3v) is 7.55. The minimum Gasteiger partial charge on any atom is -0.396 e. The quantitative estimate of drug-likeness (QED) is 0.0912. The van der Waals surface area contributed by atoms with Crippen molar-refractivity contribution in [3.63, 3.8) is 0 Å². The zero-order valence-electron chi connectivity index (χ0n) is 24.1. The first kappa shape index (κ1) is 34.8. The van der Waals surface area contributed by atoms with E-state index in [1.165, 1.54) is 103 Å². The van der Waals surface area contributed by atoms with Crippen LogP contribution in [0.3, 0.4) is 0 Å². The molecule has 0 aliphatic rings. The Labute approximate surface area is 220 Å². The van der Waals surface area contributed by atoms with Crippen molar-refractivity contribution in [3.8, 4) is 0 Å². The van der Waals surface area contributed by atoms with Gasteiger partial charge in [-0.05, 0) is 77.4 Å². The molecule has 212 valence electrons. The predicted octanol–water partition coefficient (Wildman–Crippen LogP) is 8.02. The van der Waals surface area contributed by atoms with Crippen LogP contribution in [0.4, 0.5) is 0 Å². The first-order valence-corrected chi connectivity index (χ1v) is 15.8. The number of nitrogens with zero attached hydrogens (tertiary/aromatic N) is 1. The molecular formula is C31H65NO3. The highest BCUT2D eigenvalue weighted by atomic mass is 16.3. The molecule has 0 radical (unpaired) electrons. The molecule has 0 saturated heterocycles. The van der Waals surface area contributed by atoms with Crippen LogP contribution in [0.25, 0.3) is 0 Å². The van der Waals surface area contributed by atoms with E-state index in [0.29, 0.717) is 13.2 Å². The topological polar surface area (TPSA) is 63.9 Å². The zero-order chi connectivity index (χ0) is 25.9. The van der Waals surface area contributed by atoms with Gasteiger partial charge in [-0.2, -0.15) is 0 Å². The molecule has 0 fully saturated rings. The van der Waals surface area contributed by atoms with E-state index in [0.717, 1.165) is 64.2 Å². The fourth-order valence-corrected chi connectivity index (χ4v) is 5.39. The second-order valence-corrected chi connectivity index (χ2v) is 11.1. The minimum atomic E-state index is -0.456. The zero-order valence-corrected chi connectivity index (χ0v) is 24.1. The number of rotatable bonds is 29. The lowest BCUT2D eigenvalue weighted by atomic mass is 9.85. The average molecular weight is 500 g/mol. The van der Waals surface area contributed by atoms with Gasteiger partial charge in [-0.3, -0.25) is 0 Å². The molecule has 0 rings (SSSR count). The van der Waals surface area contributed by atoms with E-state index in [4.69, 9.17) is 10.2 Å². The summed E-state index contributed by atoms with van der Waals surface area (Å²) in [7, 11) is 0. The molecule has 0 bridgehead atoms. The lowest BCUT2D eigenvalue weighted by molar-refractivity contribution is 0.00662. The fraction of sp³-hybridized carbons (Fsp3) is 1.00. The summed E-state index contributed by atoms with van der Waals surface area (Å²) in [4.78, 5) is 2.60. The lowest BCUT2D eigenvalue weighted by Gasteiger charge is -2.29. The van der Waals surface area contributed by atoms with Crippen molar-refractivity contribution in [1.29, 1.82) is 0 Å². The molecule has 0 aliphatic heterocycles. The van der Waals surface area contributed by atoms with Crippen molar-refractivity contribution in [2.24, 2.45) is 0 Å². The summed E-state index contributed by atoms with van der Waals surface area (Å²) >= 11 is 0. The Kier molecular flexibility index (Phi) is 26.8. The van der Waals surface area contributed by atoms with E-state index in [1.807, 2.05) is 0 Å². The summed E-state index contributed by atoms with van der Waals surface area (Å²) < 4.78 is 0. The van der Waals surface area contributed by atoms with E-state index in [9.17, 15) is 5.11 Å². The first-order chi connectivity index (χ1) is 17.1. The maximum Gasteiger partial charge on any atom is 0.0647 e. The second kappa shape index (κ2) is 26.9. The molecule has 0 aromatic rings. The number of aliphatic hydroxyl groups excluding tert-OH is 2. The standard InChI is InChI=1S/C31H65NO3/c1-3-26-32(27-4-2)28-20-19-25-31(35,23-17-13-9-5-7-11-15-21-29-33)24-18-14-10-6-8-12-16-22-30-34/h33-35H,3-30H2,1-2H3. The molecule has 0 aromatic carbocycles. The van der Waals surface area contributed by atoms with Gasteiger partial charge in [0.2, 0.25) is 0 Å². The van der Waals surface area contributed by atoms with Gasteiger partial charge in [-0.1, -0.05) is 104 Å². The summed E-state index contributed by atoms with van der Waals surface area (Å²) in [6.07, 6.45) is 27.0. The normalized spacial score (nSPS) is 12.2. The van der Waals surface area contributed by atoms with Gasteiger partial charge in [-0.25, -0.2) is 0 Å². The molecule has 35 heavy (non-hydrogen) atoms. The van der Waals surface area contributed by atoms with E-state index in [-0.39, 0.29) is 0 Å². The number of hydrogen-bond acceptors (Lipinski definition) is 4. The van der Waals surface area contributed by atoms with Gasteiger partial charge in [0, 0.05) is 13.2 Å². The molecule has 0 heterocycles. The van der Waals surface area contributed by atoms with E-state index in [2.05, 4.69) is 18.7 Å². The van der Waals surface area contributed by atoms with Gasteiger partial charge in [0.05, 0.1) is 5.60 Å². The largest absolute Gasteiger partial charge is 0.396 e. The molecule has 4 heteroatoms. The molecule has 0 aliphatic carbocycles. The Morgan fingerprint density at radius 2 is 0.743 bits per heavy atom. The smallest absolute Gasteiger partial charge is 0.0647 e. The molecule has 0 saturated carbocycles. The van der Waals surface area contributed by atoms with Crippen molar-refractivity contribution < 1.29 is 15.3 Å². The van der Waals surface area contributed by atoms with Crippen molar-refractivity contribution in [3.05, 3.63) is 0 Å². The van der Waals surface area contributed by atoms with Gasteiger partial charge in [0.25, 0.3) is 0 Å². The molecule has 0 amide bonds. The van der Waals surface area contributed by atoms with Gasteiger partial charge in [0.15, 0.2) is 0 Å². The highest BCUT2D eigenvalue weighted by Crippen LogP contribution is 2.29. The third-order valence-electron chi connectivity index (χ3n) is 7.55. The monoisotopic (exact) mass is 499 g/mol. The predicted molar refractivity (Wildman–Crippen MR) is 153 cm³/mol. The van der Waals surface area contributed by atoms with Crippen LogP contribution in [0.5, 0.6) is 0 Å². The van der Waals surface area contributed by atoms with Crippen molar-refractivity contribution >= 4 is 0 Å². The number of unbranched alkanes of at least 4 members (excludes halogenated alkanes) is 15. The molecule has 4 nitrogen and oxygen atoms in total. The average Bonchev–Trinajstić information content (AvgIpc) is 2.85. The summed E-state index contributed by atoms with van der Waals surface area (Å²) in [5.41, 5.74) is -0.456. The van der Waals surface area contributed by atoms with Crippen LogP contribution >= 0.6 is 0 Å². The highest BCUT2D eigenvalue weighted by Gasteiger charge is 2.25. The molecular weight excluding hydrogens is 434 g/mol. The van der Waals surface area contributed by atoms with Crippen LogP contribution in [0, 0.1) is 0 Å². The lowest BCUT2D eigenvalue weighted by Crippen LogP contribution is -2.30.